The Kier molecular flexibility index (Phi) is 58.0. The number of allylic oxidation sites excluding steroid dienone is 2. The van der Waals surface area contributed by atoms with Crippen LogP contribution in [0, 0.1) is 0 Å². The van der Waals surface area contributed by atoms with Crippen LogP contribution in [0.1, 0.15) is 342 Å². The van der Waals surface area contributed by atoms with Gasteiger partial charge in [0.2, 0.25) is 0 Å². The fourth-order valence-electron chi connectivity index (χ4n) is 9.71. The molecule has 0 aromatic rings. The fraction of sp³-hybridized carbons (Fsp3) is 0.922. The minimum Gasteiger partial charge on any atom is -0.462 e. The Morgan fingerprint density at radius 2 is 0.605 bits per heavy atom. The van der Waals surface area contributed by atoms with Crippen LogP contribution in [-0.2, 0) is 42.2 Å². The van der Waals surface area contributed by atoms with Gasteiger partial charge in [-0.2, -0.15) is 0 Å². The molecule has 2 N–H and O–H groups in total. The average molecular weight is 1100 g/mol. The molecule has 0 radical (unpaired) electrons. The summed E-state index contributed by atoms with van der Waals surface area (Å²) < 4.78 is 39.7. The molecule has 76 heavy (non-hydrogen) atoms. The van der Waals surface area contributed by atoms with Gasteiger partial charge in [-0.1, -0.05) is 290 Å². The standard InChI is InChI=1S/C64H123O11P/c1-4-7-10-13-16-19-22-25-28-29-30-31-34-35-38-41-44-47-50-53-62(66)71-57-61(75-64(68)55-52-49-46-43-40-37-33-27-24-21-18-15-12-9-6-3)59-73-76(69,70)72-58-60(56-65)74-63(67)54-51-48-45-42-39-36-32-26-23-20-17-14-11-8-5-2/h27,33,60-61,65H,4-26,28-32,34-59H2,1-3H3,(H,69,70)/b33-27-. The van der Waals surface area contributed by atoms with Crippen molar-refractivity contribution in [1.29, 1.82) is 0 Å². The van der Waals surface area contributed by atoms with Crippen molar-refractivity contribution in [3.8, 4) is 0 Å². The number of phosphoric ester groups is 1. The molecule has 0 aliphatic carbocycles. The maximum Gasteiger partial charge on any atom is 0.472 e. The largest absolute Gasteiger partial charge is 0.472 e. The zero-order chi connectivity index (χ0) is 55.5. The number of ether oxygens (including phenoxy) is 3. The molecular formula is C64H123O11P. The minimum absolute atomic E-state index is 0.165. The van der Waals surface area contributed by atoms with E-state index in [9.17, 15) is 28.9 Å². The van der Waals surface area contributed by atoms with E-state index in [4.69, 9.17) is 23.3 Å². The van der Waals surface area contributed by atoms with Crippen molar-refractivity contribution in [2.45, 2.75) is 354 Å². The lowest BCUT2D eigenvalue weighted by atomic mass is 10.0. The zero-order valence-corrected chi connectivity index (χ0v) is 50.9. The Hall–Kier alpha value is -1.78. The van der Waals surface area contributed by atoms with Crippen LogP contribution in [0.5, 0.6) is 0 Å². The average Bonchev–Trinajstić information content (AvgIpc) is 3.41. The normalized spacial score (nSPS) is 13.3. The van der Waals surface area contributed by atoms with Gasteiger partial charge in [0.25, 0.3) is 0 Å². The minimum atomic E-state index is -4.74. The number of phosphoric acid groups is 1. The molecule has 3 unspecified atom stereocenters. The summed E-state index contributed by atoms with van der Waals surface area (Å²) in [6.45, 7) is 4.72. The molecule has 450 valence electrons. The SMILES string of the molecule is CCCCCCCC/C=C\CCCCCCCC(=O)OC(COC(=O)CCCCCCCCCCCCCCCCCCCCC)COP(=O)(O)OCC(CO)OC(=O)CCCCCCCCCCCCCCCCC. The predicted octanol–water partition coefficient (Wildman–Crippen LogP) is 19.6. The molecule has 0 aliphatic heterocycles. The number of rotatable bonds is 62. The van der Waals surface area contributed by atoms with Crippen molar-refractivity contribution in [3.63, 3.8) is 0 Å². The van der Waals surface area contributed by atoms with Gasteiger partial charge in [0.15, 0.2) is 6.10 Å². The summed E-state index contributed by atoms with van der Waals surface area (Å²) in [5, 5.41) is 9.84. The summed E-state index contributed by atoms with van der Waals surface area (Å²) in [4.78, 5) is 48.7. The molecule has 0 rings (SSSR count). The van der Waals surface area contributed by atoms with Gasteiger partial charge in [-0.15, -0.1) is 0 Å². The molecule has 0 amide bonds. The lowest BCUT2D eigenvalue weighted by molar-refractivity contribution is -0.161. The van der Waals surface area contributed by atoms with Crippen LogP contribution in [0.25, 0.3) is 0 Å². The second kappa shape index (κ2) is 59.3. The summed E-state index contributed by atoms with van der Waals surface area (Å²) in [6, 6.07) is 0. The number of aliphatic hydroxyl groups excluding tert-OH is 1. The number of unbranched alkanes of at least 4 members (excludes halogenated alkanes) is 43. The number of hydrogen-bond donors (Lipinski definition) is 2. The fourth-order valence-corrected chi connectivity index (χ4v) is 10.5. The van der Waals surface area contributed by atoms with Crippen molar-refractivity contribution >= 4 is 25.7 Å². The predicted molar refractivity (Wildman–Crippen MR) is 317 cm³/mol. The molecule has 3 atom stereocenters. The highest BCUT2D eigenvalue weighted by molar-refractivity contribution is 7.47. The van der Waals surface area contributed by atoms with E-state index in [1.54, 1.807) is 0 Å². The van der Waals surface area contributed by atoms with Crippen LogP contribution in [-0.4, -0.2) is 66.5 Å². The van der Waals surface area contributed by atoms with E-state index in [0.29, 0.717) is 19.3 Å². The second-order valence-corrected chi connectivity index (χ2v) is 23.8. The summed E-state index contributed by atoms with van der Waals surface area (Å²) in [5.41, 5.74) is 0. The highest BCUT2D eigenvalue weighted by Crippen LogP contribution is 2.43. The summed E-state index contributed by atoms with van der Waals surface area (Å²) >= 11 is 0. The first-order valence-corrected chi connectivity index (χ1v) is 34.1. The van der Waals surface area contributed by atoms with Crippen molar-refractivity contribution in [1.82, 2.24) is 0 Å². The van der Waals surface area contributed by atoms with Gasteiger partial charge in [-0.05, 0) is 44.9 Å². The lowest BCUT2D eigenvalue weighted by Crippen LogP contribution is -2.30. The van der Waals surface area contributed by atoms with Gasteiger partial charge in [0.05, 0.1) is 19.8 Å². The molecule has 11 nitrogen and oxygen atoms in total. The maximum atomic E-state index is 12.9. The van der Waals surface area contributed by atoms with Crippen LogP contribution in [0.15, 0.2) is 12.2 Å². The van der Waals surface area contributed by atoms with Crippen LogP contribution in [0.3, 0.4) is 0 Å². The molecule has 0 fully saturated rings. The first kappa shape index (κ1) is 74.2. The van der Waals surface area contributed by atoms with E-state index in [1.807, 2.05) is 0 Å². The molecule has 0 bridgehead atoms. The Bertz CT molecular complexity index is 1330. The highest BCUT2D eigenvalue weighted by Gasteiger charge is 2.28. The highest BCUT2D eigenvalue weighted by atomic mass is 31.2. The first-order chi connectivity index (χ1) is 37.2. The van der Waals surface area contributed by atoms with Crippen LogP contribution in [0.4, 0.5) is 0 Å². The molecule has 0 aromatic heterocycles. The van der Waals surface area contributed by atoms with E-state index in [-0.39, 0.29) is 25.9 Å². The lowest BCUT2D eigenvalue weighted by Gasteiger charge is -2.21. The molecule has 12 heteroatoms. The summed E-state index contributed by atoms with van der Waals surface area (Å²) in [5.74, 6) is -1.44. The van der Waals surface area contributed by atoms with Gasteiger partial charge < -0.3 is 24.2 Å². The smallest absolute Gasteiger partial charge is 0.462 e. The topological polar surface area (TPSA) is 155 Å². The van der Waals surface area contributed by atoms with Gasteiger partial charge >= 0.3 is 25.7 Å². The van der Waals surface area contributed by atoms with Crippen LogP contribution < -0.4 is 0 Å². The Morgan fingerprint density at radius 3 is 0.908 bits per heavy atom. The number of carbonyl (C=O) groups is 3. The zero-order valence-electron chi connectivity index (χ0n) is 50.0. The monoisotopic (exact) mass is 1100 g/mol. The first-order valence-electron chi connectivity index (χ1n) is 32.6. The Morgan fingerprint density at radius 1 is 0.355 bits per heavy atom. The Labute approximate surface area is 468 Å². The molecule has 0 heterocycles. The third-order valence-corrected chi connectivity index (χ3v) is 15.6. The molecule has 0 saturated carbocycles. The van der Waals surface area contributed by atoms with E-state index >= 15 is 0 Å². The van der Waals surface area contributed by atoms with Gasteiger partial charge in [0, 0.05) is 19.3 Å². The molecule has 0 aliphatic rings. The number of carbonyl (C=O) groups excluding carboxylic acids is 3. The van der Waals surface area contributed by atoms with E-state index in [2.05, 4.69) is 32.9 Å². The molecule has 0 spiro atoms. The van der Waals surface area contributed by atoms with E-state index < -0.39 is 57.8 Å². The summed E-state index contributed by atoms with van der Waals surface area (Å²) in [6.07, 6.45) is 60.2. The van der Waals surface area contributed by atoms with Crippen molar-refractivity contribution in [2.24, 2.45) is 0 Å². The summed E-state index contributed by atoms with van der Waals surface area (Å²) in [7, 11) is -4.74. The second-order valence-electron chi connectivity index (χ2n) is 22.3. The van der Waals surface area contributed by atoms with Crippen LogP contribution in [0.2, 0.25) is 0 Å². The third-order valence-electron chi connectivity index (χ3n) is 14.7. The van der Waals surface area contributed by atoms with E-state index in [0.717, 1.165) is 77.0 Å². The molecule has 0 aromatic carbocycles. The van der Waals surface area contributed by atoms with Crippen molar-refractivity contribution in [3.05, 3.63) is 12.2 Å². The number of aliphatic hydroxyl groups is 1. The van der Waals surface area contributed by atoms with Gasteiger partial charge in [-0.25, -0.2) is 4.57 Å². The molecular weight excluding hydrogens is 976 g/mol. The third kappa shape index (κ3) is 56.9. The quantitative estimate of drug-likeness (QED) is 0.0197. The van der Waals surface area contributed by atoms with Crippen molar-refractivity contribution in [2.75, 3.05) is 26.4 Å². The van der Waals surface area contributed by atoms with Crippen molar-refractivity contribution < 1.29 is 52.2 Å². The molecule has 0 saturated heterocycles. The van der Waals surface area contributed by atoms with Gasteiger partial charge in [0.1, 0.15) is 12.7 Å². The Balaban J connectivity index is 4.63. The maximum absolute atomic E-state index is 12.9. The van der Waals surface area contributed by atoms with Crippen LogP contribution >= 0.6 is 7.82 Å². The van der Waals surface area contributed by atoms with E-state index in [1.165, 1.54) is 205 Å². The van der Waals surface area contributed by atoms with Gasteiger partial charge in [-0.3, -0.25) is 23.4 Å². The number of esters is 3. The number of hydrogen-bond acceptors (Lipinski definition) is 10.